The van der Waals surface area contributed by atoms with E-state index in [1.807, 2.05) is 0 Å². The Morgan fingerprint density at radius 3 is 2.62 bits per heavy atom. The molecule has 1 atom stereocenters. The molecule has 1 unspecified atom stereocenters. The fraction of sp³-hybridized carbons (Fsp3) is 0.923. The number of carbonyl (C=O) groups excluding carboxylic acids is 1. The summed E-state index contributed by atoms with van der Waals surface area (Å²) in [5.74, 6) is 0.343. The first kappa shape index (κ1) is 11.9. The first-order valence-electron chi connectivity index (χ1n) is 6.66. The highest BCUT2D eigenvalue weighted by Gasteiger charge is 2.47. The van der Waals surface area contributed by atoms with Gasteiger partial charge in [0.2, 0.25) is 5.91 Å². The molecular formula is C13H24N2O. The zero-order valence-electron chi connectivity index (χ0n) is 10.8. The number of rotatable bonds is 4. The standard InChI is InChI=1S/C13H24N2O/c1-4-13(7-5-8-13)15-9-6-11(12(15)16)14-10(2)3/h10-11,14H,4-9H2,1-3H3. The molecule has 92 valence electrons. The highest BCUT2D eigenvalue weighted by Crippen LogP contribution is 2.42. The smallest absolute Gasteiger partial charge is 0.240 e. The topological polar surface area (TPSA) is 32.3 Å². The molecule has 2 rings (SSSR count). The maximum atomic E-state index is 12.3. The molecule has 3 nitrogen and oxygen atoms in total. The van der Waals surface area contributed by atoms with Gasteiger partial charge in [0.1, 0.15) is 0 Å². The summed E-state index contributed by atoms with van der Waals surface area (Å²) in [5, 5.41) is 3.37. The van der Waals surface area contributed by atoms with Crippen LogP contribution in [0, 0.1) is 0 Å². The minimum atomic E-state index is 0.0732. The average molecular weight is 224 g/mol. The van der Waals surface area contributed by atoms with Crippen molar-refractivity contribution in [2.24, 2.45) is 0 Å². The van der Waals surface area contributed by atoms with Crippen LogP contribution in [0.4, 0.5) is 0 Å². The van der Waals surface area contributed by atoms with Crippen LogP contribution in [0.25, 0.3) is 0 Å². The van der Waals surface area contributed by atoms with Crippen LogP contribution in [-0.4, -0.2) is 35.0 Å². The molecule has 16 heavy (non-hydrogen) atoms. The summed E-state index contributed by atoms with van der Waals surface area (Å²) in [6, 6.07) is 0.469. The van der Waals surface area contributed by atoms with Crippen molar-refractivity contribution in [1.82, 2.24) is 10.2 Å². The zero-order chi connectivity index (χ0) is 11.8. The van der Waals surface area contributed by atoms with Crippen LogP contribution in [0.3, 0.4) is 0 Å². The predicted octanol–water partition coefficient (Wildman–Crippen LogP) is 1.92. The molecule has 1 aliphatic heterocycles. The monoisotopic (exact) mass is 224 g/mol. The average Bonchev–Trinajstić information content (AvgIpc) is 2.49. The van der Waals surface area contributed by atoms with Gasteiger partial charge in [-0.25, -0.2) is 0 Å². The number of nitrogens with zero attached hydrogens (tertiary/aromatic N) is 1. The van der Waals surface area contributed by atoms with E-state index in [4.69, 9.17) is 0 Å². The molecule has 1 aliphatic carbocycles. The summed E-state index contributed by atoms with van der Waals surface area (Å²) >= 11 is 0. The maximum Gasteiger partial charge on any atom is 0.240 e. The Morgan fingerprint density at radius 1 is 1.50 bits per heavy atom. The Morgan fingerprint density at radius 2 is 2.19 bits per heavy atom. The lowest BCUT2D eigenvalue weighted by Gasteiger charge is -2.48. The van der Waals surface area contributed by atoms with E-state index >= 15 is 0 Å². The Bertz CT molecular complexity index is 266. The molecule has 1 saturated heterocycles. The van der Waals surface area contributed by atoms with Gasteiger partial charge in [-0.15, -0.1) is 0 Å². The molecule has 0 spiro atoms. The van der Waals surface area contributed by atoms with Crippen molar-refractivity contribution in [3.8, 4) is 0 Å². The first-order valence-corrected chi connectivity index (χ1v) is 6.66. The van der Waals surface area contributed by atoms with Gasteiger partial charge in [-0.05, 0) is 32.1 Å². The number of carbonyl (C=O) groups is 1. The van der Waals surface area contributed by atoms with E-state index in [9.17, 15) is 4.79 Å². The number of nitrogens with one attached hydrogen (secondary N) is 1. The fourth-order valence-electron chi connectivity index (χ4n) is 3.11. The normalized spacial score (nSPS) is 28.6. The van der Waals surface area contributed by atoms with Gasteiger partial charge in [0, 0.05) is 18.1 Å². The summed E-state index contributed by atoms with van der Waals surface area (Å²) in [4.78, 5) is 14.5. The van der Waals surface area contributed by atoms with Crippen LogP contribution in [0.1, 0.15) is 52.9 Å². The van der Waals surface area contributed by atoms with Crippen molar-refractivity contribution in [1.29, 1.82) is 0 Å². The molecule has 2 aliphatic rings. The van der Waals surface area contributed by atoms with Crippen molar-refractivity contribution in [2.75, 3.05) is 6.54 Å². The molecule has 0 aromatic heterocycles. The molecule has 2 fully saturated rings. The zero-order valence-corrected chi connectivity index (χ0v) is 10.8. The second-order valence-corrected chi connectivity index (χ2v) is 5.58. The molecule has 0 aromatic rings. The third-order valence-corrected chi connectivity index (χ3v) is 4.25. The van der Waals surface area contributed by atoms with Crippen LogP contribution < -0.4 is 5.32 Å². The molecule has 1 saturated carbocycles. The van der Waals surface area contributed by atoms with Crippen LogP contribution in [0.15, 0.2) is 0 Å². The SMILES string of the molecule is CCC1(N2CCC(NC(C)C)C2=O)CCC1. The van der Waals surface area contributed by atoms with Crippen LogP contribution in [0.2, 0.25) is 0 Å². The van der Waals surface area contributed by atoms with Gasteiger partial charge in [0.25, 0.3) is 0 Å². The van der Waals surface area contributed by atoms with Gasteiger partial charge in [-0.1, -0.05) is 20.8 Å². The molecule has 0 aromatic carbocycles. The molecule has 1 N–H and O–H groups in total. The van der Waals surface area contributed by atoms with E-state index in [0.29, 0.717) is 11.9 Å². The Hall–Kier alpha value is -0.570. The molecule has 3 heteroatoms. The summed E-state index contributed by atoms with van der Waals surface area (Å²) < 4.78 is 0. The van der Waals surface area contributed by atoms with Crippen molar-refractivity contribution in [3.05, 3.63) is 0 Å². The van der Waals surface area contributed by atoms with Crippen molar-refractivity contribution < 1.29 is 4.79 Å². The lowest BCUT2D eigenvalue weighted by atomic mass is 9.73. The fourth-order valence-corrected chi connectivity index (χ4v) is 3.11. The van der Waals surface area contributed by atoms with E-state index in [2.05, 4.69) is 31.0 Å². The quantitative estimate of drug-likeness (QED) is 0.791. The van der Waals surface area contributed by atoms with Gasteiger partial charge in [0.05, 0.1) is 6.04 Å². The number of hydrogen-bond acceptors (Lipinski definition) is 2. The summed E-state index contributed by atoms with van der Waals surface area (Å²) in [6.07, 6.45) is 5.82. The minimum Gasteiger partial charge on any atom is -0.336 e. The maximum absolute atomic E-state index is 12.3. The second-order valence-electron chi connectivity index (χ2n) is 5.58. The van der Waals surface area contributed by atoms with Gasteiger partial charge >= 0.3 is 0 Å². The Balaban J connectivity index is 2.01. The number of amides is 1. The summed E-state index contributed by atoms with van der Waals surface area (Å²) in [6.45, 7) is 7.39. The van der Waals surface area contributed by atoms with E-state index in [1.54, 1.807) is 0 Å². The summed E-state index contributed by atoms with van der Waals surface area (Å²) in [7, 11) is 0. The van der Waals surface area contributed by atoms with E-state index in [1.165, 1.54) is 19.3 Å². The predicted molar refractivity (Wildman–Crippen MR) is 65.3 cm³/mol. The molecule has 1 heterocycles. The van der Waals surface area contributed by atoms with Crippen molar-refractivity contribution in [2.45, 2.75) is 70.5 Å². The Labute approximate surface area is 98.6 Å². The number of likely N-dealkylation sites (tertiary alicyclic amines) is 1. The van der Waals surface area contributed by atoms with Crippen LogP contribution >= 0.6 is 0 Å². The van der Waals surface area contributed by atoms with Gasteiger partial charge in [0.15, 0.2) is 0 Å². The van der Waals surface area contributed by atoms with Crippen LogP contribution in [-0.2, 0) is 4.79 Å². The summed E-state index contributed by atoms with van der Waals surface area (Å²) in [5.41, 5.74) is 0.227. The minimum absolute atomic E-state index is 0.0732. The molecule has 0 radical (unpaired) electrons. The third-order valence-electron chi connectivity index (χ3n) is 4.25. The van der Waals surface area contributed by atoms with E-state index < -0.39 is 0 Å². The van der Waals surface area contributed by atoms with E-state index in [-0.39, 0.29) is 11.6 Å². The highest BCUT2D eigenvalue weighted by molar-refractivity contribution is 5.85. The second kappa shape index (κ2) is 4.36. The highest BCUT2D eigenvalue weighted by atomic mass is 16.2. The largest absolute Gasteiger partial charge is 0.336 e. The first-order chi connectivity index (χ1) is 7.59. The lowest BCUT2D eigenvalue weighted by molar-refractivity contribution is -0.138. The van der Waals surface area contributed by atoms with Gasteiger partial charge in [-0.3, -0.25) is 4.79 Å². The van der Waals surface area contributed by atoms with E-state index in [0.717, 1.165) is 19.4 Å². The van der Waals surface area contributed by atoms with Gasteiger partial charge < -0.3 is 10.2 Å². The van der Waals surface area contributed by atoms with Gasteiger partial charge in [-0.2, -0.15) is 0 Å². The van der Waals surface area contributed by atoms with Crippen LogP contribution in [0.5, 0.6) is 0 Å². The molecule has 0 bridgehead atoms. The molecule has 1 amide bonds. The third kappa shape index (κ3) is 1.86. The lowest BCUT2D eigenvalue weighted by Crippen LogP contribution is -2.56. The molecular weight excluding hydrogens is 200 g/mol. The Kier molecular flexibility index (Phi) is 3.24. The number of hydrogen-bond donors (Lipinski definition) is 1. The van der Waals surface area contributed by atoms with Crippen molar-refractivity contribution >= 4 is 5.91 Å². The van der Waals surface area contributed by atoms with Crippen molar-refractivity contribution in [3.63, 3.8) is 0 Å².